The lowest BCUT2D eigenvalue weighted by molar-refractivity contribution is 0.356. The van der Waals surface area contributed by atoms with Crippen molar-refractivity contribution in [2.75, 3.05) is 6.61 Å². The fraction of sp³-hybridized carbons (Fsp3) is 0.600. The van der Waals surface area contributed by atoms with Gasteiger partial charge < -0.3 is 10.1 Å². The molecule has 0 saturated heterocycles. The van der Waals surface area contributed by atoms with Crippen LogP contribution in [0.3, 0.4) is 0 Å². The first-order valence-corrected chi connectivity index (χ1v) is 6.59. The first-order chi connectivity index (χ1) is 8.08. The molecule has 1 N–H and O–H groups in total. The summed E-state index contributed by atoms with van der Waals surface area (Å²) in [6, 6.07) is 7.66. The molecular weight excluding hydrogens is 210 g/mol. The molecule has 94 valence electrons. The smallest absolute Gasteiger partial charge is 0.122 e. The SMILES string of the molecule is CC(C)NC(C)C(C)c1ccc2c(c1)CCO2. The van der Waals surface area contributed by atoms with Crippen LogP contribution in [0.4, 0.5) is 0 Å². The summed E-state index contributed by atoms with van der Waals surface area (Å²) >= 11 is 0. The molecule has 1 aliphatic heterocycles. The molecule has 1 heterocycles. The van der Waals surface area contributed by atoms with E-state index in [1.165, 1.54) is 11.1 Å². The topological polar surface area (TPSA) is 21.3 Å². The van der Waals surface area contributed by atoms with E-state index in [1.807, 2.05) is 0 Å². The summed E-state index contributed by atoms with van der Waals surface area (Å²) in [5.74, 6) is 1.61. The van der Waals surface area contributed by atoms with Crippen molar-refractivity contribution in [2.45, 2.75) is 52.1 Å². The van der Waals surface area contributed by atoms with Crippen molar-refractivity contribution in [1.82, 2.24) is 5.32 Å². The third-order valence-corrected chi connectivity index (χ3v) is 3.59. The van der Waals surface area contributed by atoms with Crippen LogP contribution in [-0.4, -0.2) is 18.7 Å². The molecule has 2 rings (SSSR count). The zero-order valence-electron chi connectivity index (χ0n) is 11.3. The molecule has 17 heavy (non-hydrogen) atoms. The maximum atomic E-state index is 5.54. The molecule has 1 aromatic rings. The molecule has 0 radical (unpaired) electrons. The van der Waals surface area contributed by atoms with Crippen molar-refractivity contribution in [3.05, 3.63) is 29.3 Å². The van der Waals surface area contributed by atoms with Crippen molar-refractivity contribution in [3.63, 3.8) is 0 Å². The van der Waals surface area contributed by atoms with Crippen LogP contribution in [0.5, 0.6) is 5.75 Å². The molecule has 1 aromatic carbocycles. The normalized spacial score (nSPS) is 17.7. The van der Waals surface area contributed by atoms with Gasteiger partial charge in [-0.05, 0) is 30.0 Å². The molecule has 0 spiro atoms. The highest BCUT2D eigenvalue weighted by molar-refractivity contribution is 5.41. The monoisotopic (exact) mass is 233 g/mol. The van der Waals surface area contributed by atoms with Gasteiger partial charge in [0.1, 0.15) is 5.75 Å². The van der Waals surface area contributed by atoms with Crippen molar-refractivity contribution in [1.29, 1.82) is 0 Å². The van der Waals surface area contributed by atoms with Crippen molar-refractivity contribution in [2.24, 2.45) is 0 Å². The van der Waals surface area contributed by atoms with E-state index in [2.05, 4.69) is 51.2 Å². The van der Waals surface area contributed by atoms with E-state index in [0.717, 1.165) is 18.8 Å². The van der Waals surface area contributed by atoms with Gasteiger partial charge in [-0.1, -0.05) is 32.9 Å². The average molecular weight is 233 g/mol. The van der Waals surface area contributed by atoms with Crippen LogP contribution >= 0.6 is 0 Å². The van der Waals surface area contributed by atoms with Crippen LogP contribution in [0.2, 0.25) is 0 Å². The number of hydrogen-bond acceptors (Lipinski definition) is 2. The Labute approximate surface area is 104 Å². The Morgan fingerprint density at radius 1 is 1.18 bits per heavy atom. The lowest BCUT2D eigenvalue weighted by Crippen LogP contribution is -2.36. The number of ether oxygens (including phenoxy) is 1. The van der Waals surface area contributed by atoms with Crippen LogP contribution in [0.1, 0.15) is 44.7 Å². The maximum Gasteiger partial charge on any atom is 0.122 e. The molecule has 0 bridgehead atoms. The summed E-state index contributed by atoms with van der Waals surface area (Å²) in [5.41, 5.74) is 2.78. The fourth-order valence-electron chi connectivity index (χ4n) is 2.45. The highest BCUT2D eigenvalue weighted by Crippen LogP contribution is 2.29. The number of rotatable bonds is 4. The zero-order chi connectivity index (χ0) is 12.4. The van der Waals surface area contributed by atoms with Gasteiger partial charge >= 0.3 is 0 Å². The second-order valence-corrected chi connectivity index (χ2v) is 5.36. The molecule has 0 saturated carbocycles. The Kier molecular flexibility index (Phi) is 3.72. The van der Waals surface area contributed by atoms with Gasteiger partial charge in [-0.15, -0.1) is 0 Å². The minimum atomic E-state index is 0.496. The summed E-state index contributed by atoms with van der Waals surface area (Å²) < 4.78 is 5.54. The Balaban J connectivity index is 2.11. The molecule has 1 aliphatic rings. The molecule has 2 unspecified atom stereocenters. The van der Waals surface area contributed by atoms with Gasteiger partial charge in [0.15, 0.2) is 0 Å². The standard InChI is InChI=1S/C15H23NO/c1-10(2)16-12(4)11(3)13-5-6-15-14(9-13)7-8-17-15/h5-6,9-12,16H,7-8H2,1-4H3. The second kappa shape index (κ2) is 5.09. The second-order valence-electron chi connectivity index (χ2n) is 5.36. The molecular formula is C15H23NO. The van der Waals surface area contributed by atoms with Crippen molar-refractivity contribution >= 4 is 0 Å². The summed E-state index contributed by atoms with van der Waals surface area (Å²) in [7, 11) is 0. The van der Waals surface area contributed by atoms with Crippen LogP contribution in [0.25, 0.3) is 0 Å². The third-order valence-electron chi connectivity index (χ3n) is 3.59. The molecule has 0 aliphatic carbocycles. The summed E-state index contributed by atoms with van der Waals surface area (Å²) in [6.45, 7) is 9.78. The predicted molar refractivity (Wildman–Crippen MR) is 71.8 cm³/mol. The van der Waals surface area contributed by atoms with E-state index < -0.39 is 0 Å². The molecule has 2 nitrogen and oxygen atoms in total. The largest absolute Gasteiger partial charge is 0.493 e. The lowest BCUT2D eigenvalue weighted by Gasteiger charge is -2.24. The van der Waals surface area contributed by atoms with Crippen molar-refractivity contribution in [3.8, 4) is 5.75 Å². The Hall–Kier alpha value is -1.02. The molecule has 2 heteroatoms. The highest BCUT2D eigenvalue weighted by atomic mass is 16.5. The van der Waals surface area contributed by atoms with Crippen molar-refractivity contribution < 1.29 is 4.74 Å². The number of hydrogen-bond donors (Lipinski definition) is 1. The Bertz CT molecular complexity index is 387. The van der Waals surface area contributed by atoms with Crippen LogP contribution in [0.15, 0.2) is 18.2 Å². The van der Waals surface area contributed by atoms with E-state index in [0.29, 0.717) is 18.0 Å². The van der Waals surface area contributed by atoms with Crippen LogP contribution in [-0.2, 0) is 6.42 Å². The Morgan fingerprint density at radius 2 is 1.94 bits per heavy atom. The molecule has 0 fully saturated rings. The zero-order valence-corrected chi connectivity index (χ0v) is 11.3. The predicted octanol–water partition coefficient (Wildman–Crippen LogP) is 3.11. The van der Waals surface area contributed by atoms with Gasteiger partial charge in [-0.3, -0.25) is 0 Å². The summed E-state index contributed by atoms with van der Waals surface area (Å²) in [6.07, 6.45) is 1.06. The highest BCUT2D eigenvalue weighted by Gasteiger charge is 2.18. The maximum absolute atomic E-state index is 5.54. The number of fused-ring (bicyclic) bond motifs is 1. The number of nitrogens with one attached hydrogen (secondary N) is 1. The number of benzene rings is 1. The average Bonchev–Trinajstić information content (AvgIpc) is 2.73. The van der Waals surface area contributed by atoms with E-state index in [9.17, 15) is 0 Å². The minimum Gasteiger partial charge on any atom is -0.493 e. The minimum absolute atomic E-state index is 0.496. The first-order valence-electron chi connectivity index (χ1n) is 6.59. The Morgan fingerprint density at radius 3 is 2.65 bits per heavy atom. The molecule has 2 atom stereocenters. The van der Waals surface area contributed by atoms with Crippen LogP contribution < -0.4 is 10.1 Å². The first kappa shape index (κ1) is 12.4. The van der Waals surface area contributed by atoms with Crippen LogP contribution in [0, 0.1) is 0 Å². The van der Waals surface area contributed by atoms with Gasteiger partial charge in [-0.2, -0.15) is 0 Å². The van der Waals surface area contributed by atoms with E-state index >= 15 is 0 Å². The van der Waals surface area contributed by atoms with E-state index in [-0.39, 0.29) is 0 Å². The summed E-state index contributed by atoms with van der Waals surface area (Å²) in [4.78, 5) is 0. The fourth-order valence-corrected chi connectivity index (χ4v) is 2.45. The van der Waals surface area contributed by atoms with Gasteiger partial charge in [0.25, 0.3) is 0 Å². The summed E-state index contributed by atoms with van der Waals surface area (Å²) in [5, 5.41) is 3.58. The molecule has 0 amide bonds. The van der Waals surface area contributed by atoms with Gasteiger partial charge in [0.05, 0.1) is 6.61 Å². The lowest BCUT2D eigenvalue weighted by atomic mass is 9.92. The molecule has 0 aromatic heterocycles. The quantitative estimate of drug-likeness (QED) is 0.862. The van der Waals surface area contributed by atoms with Gasteiger partial charge in [0, 0.05) is 18.5 Å². The van der Waals surface area contributed by atoms with Gasteiger partial charge in [-0.25, -0.2) is 0 Å². The third kappa shape index (κ3) is 2.81. The van der Waals surface area contributed by atoms with E-state index in [1.54, 1.807) is 0 Å². The van der Waals surface area contributed by atoms with E-state index in [4.69, 9.17) is 4.74 Å². The van der Waals surface area contributed by atoms with Gasteiger partial charge in [0.2, 0.25) is 0 Å².